The molecular formula is C18H24IN5OS. The number of fused-ring (bicyclic) bond motifs is 1. The summed E-state index contributed by atoms with van der Waals surface area (Å²) in [5, 5.41) is 22.2. The summed E-state index contributed by atoms with van der Waals surface area (Å²) < 4.78 is 2.99. The van der Waals surface area contributed by atoms with Gasteiger partial charge in [0.2, 0.25) is 0 Å². The van der Waals surface area contributed by atoms with E-state index in [9.17, 15) is 5.11 Å². The number of aryl methyl sites for hydroxylation is 1. The van der Waals surface area contributed by atoms with Gasteiger partial charge >= 0.3 is 0 Å². The second-order valence-corrected chi connectivity index (χ2v) is 6.97. The molecule has 140 valence electrons. The third kappa shape index (κ3) is 5.42. The molecule has 0 bridgehead atoms. The van der Waals surface area contributed by atoms with Crippen LogP contribution in [0.5, 0.6) is 0 Å². The molecule has 0 saturated carbocycles. The van der Waals surface area contributed by atoms with Crippen LogP contribution in [-0.4, -0.2) is 41.0 Å². The van der Waals surface area contributed by atoms with Gasteiger partial charge in [-0.1, -0.05) is 18.2 Å². The number of guanidine groups is 1. The first-order chi connectivity index (χ1) is 12.2. The third-order valence-electron chi connectivity index (χ3n) is 3.92. The van der Waals surface area contributed by atoms with Gasteiger partial charge in [-0.25, -0.2) is 0 Å². The molecule has 0 saturated heterocycles. The fourth-order valence-electron chi connectivity index (χ4n) is 2.61. The number of hydrogen-bond acceptors (Lipinski definition) is 4. The Bertz CT molecular complexity index is 827. The standard InChI is InChI=1S/C18H23N5OS.HI/c1-19-18(20-8-7-13-10-22-23(2)12-13)21-11-15(24)17-9-14-5-3-4-6-16(14)25-17;/h3-6,9-10,12,15,24H,7-8,11H2,1-2H3,(H2,19,20,21);1H. The molecule has 6 nitrogen and oxygen atoms in total. The van der Waals surface area contributed by atoms with Crippen LogP contribution in [0.15, 0.2) is 47.7 Å². The van der Waals surface area contributed by atoms with Crippen LogP contribution in [0.1, 0.15) is 16.5 Å². The highest BCUT2D eigenvalue weighted by Gasteiger charge is 2.12. The van der Waals surface area contributed by atoms with Crippen molar-refractivity contribution in [2.24, 2.45) is 12.0 Å². The van der Waals surface area contributed by atoms with Crippen molar-refractivity contribution >= 4 is 51.4 Å². The number of aliphatic hydroxyl groups is 1. The molecule has 2 heterocycles. The molecule has 0 fully saturated rings. The van der Waals surface area contributed by atoms with Crippen molar-refractivity contribution in [3.05, 3.63) is 53.2 Å². The molecular weight excluding hydrogens is 461 g/mol. The molecule has 3 rings (SSSR count). The second kappa shape index (κ2) is 9.89. The Morgan fingerprint density at radius 3 is 2.85 bits per heavy atom. The number of thiophene rings is 1. The summed E-state index contributed by atoms with van der Waals surface area (Å²) in [4.78, 5) is 5.16. The van der Waals surface area contributed by atoms with Gasteiger partial charge in [-0.05, 0) is 29.5 Å². The Morgan fingerprint density at radius 1 is 1.35 bits per heavy atom. The van der Waals surface area contributed by atoms with Gasteiger partial charge in [0.25, 0.3) is 0 Å². The van der Waals surface area contributed by atoms with Gasteiger partial charge in [0.15, 0.2) is 5.96 Å². The molecule has 3 aromatic rings. The average molecular weight is 485 g/mol. The number of aromatic nitrogens is 2. The summed E-state index contributed by atoms with van der Waals surface area (Å²) in [5.74, 6) is 0.684. The van der Waals surface area contributed by atoms with Gasteiger partial charge in [0, 0.05) is 43.0 Å². The highest BCUT2D eigenvalue weighted by Crippen LogP contribution is 2.29. The fraction of sp³-hybridized carbons (Fsp3) is 0.333. The maximum absolute atomic E-state index is 10.4. The van der Waals surface area contributed by atoms with Crippen molar-refractivity contribution < 1.29 is 5.11 Å². The minimum absolute atomic E-state index is 0. The quantitative estimate of drug-likeness (QED) is 0.285. The van der Waals surface area contributed by atoms with E-state index < -0.39 is 6.10 Å². The lowest BCUT2D eigenvalue weighted by molar-refractivity contribution is 0.184. The molecule has 1 aromatic carbocycles. The van der Waals surface area contributed by atoms with Crippen LogP contribution in [0, 0.1) is 0 Å². The summed E-state index contributed by atoms with van der Waals surface area (Å²) in [6, 6.07) is 10.2. The number of benzene rings is 1. The summed E-state index contributed by atoms with van der Waals surface area (Å²) >= 11 is 1.62. The zero-order valence-electron chi connectivity index (χ0n) is 14.8. The van der Waals surface area contributed by atoms with Crippen molar-refractivity contribution in [1.29, 1.82) is 0 Å². The van der Waals surface area contributed by atoms with Crippen molar-refractivity contribution in [1.82, 2.24) is 20.4 Å². The number of nitrogens with zero attached hydrogens (tertiary/aromatic N) is 3. The molecule has 2 aromatic heterocycles. The Morgan fingerprint density at radius 2 is 2.15 bits per heavy atom. The van der Waals surface area contributed by atoms with Crippen LogP contribution in [0.25, 0.3) is 10.1 Å². The number of halogens is 1. The van der Waals surface area contributed by atoms with Crippen LogP contribution >= 0.6 is 35.3 Å². The summed E-state index contributed by atoms with van der Waals surface area (Å²) in [5.41, 5.74) is 1.18. The van der Waals surface area contributed by atoms with Crippen molar-refractivity contribution in [2.45, 2.75) is 12.5 Å². The molecule has 0 spiro atoms. The molecule has 3 N–H and O–H groups in total. The first kappa shape index (κ1) is 20.7. The lowest BCUT2D eigenvalue weighted by Gasteiger charge is -2.14. The van der Waals surface area contributed by atoms with Crippen molar-refractivity contribution in [2.75, 3.05) is 20.1 Å². The van der Waals surface area contributed by atoms with Gasteiger partial charge in [0.1, 0.15) is 6.10 Å². The Hall–Kier alpha value is -1.65. The molecule has 1 unspecified atom stereocenters. The molecule has 0 aliphatic carbocycles. The minimum Gasteiger partial charge on any atom is -0.386 e. The maximum atomic E-state index is 10.4. The third-order valence-corrected chi connectivity index (χ3v) is 5.14. The van der Waals surface area contributed by atoms with Gasteiger partial charge < -0.3 is 15.7 Å². The van der Waals surface area contributed by atoms with Crippen LogP contribution in [0.3, 0.4) is 0 Å². The van der Waals surface area contributed by atoms with E-state index in [1.54, 1.807) is 23.1 Å². The van der Waals surface area contributed by atoms with Crippen molar-refractivity contribution in [3.63, 3.8) is 0 Å². The monoisotopic (exact) mass is 485 g/mol. The highest BCUT2D eigenvalue weighted by molar-refractivity contribution is 14.0. The van der Waals surface area contributed by atoms with E-state index in [0.29, 0.717) is 12.5 Å². The summed E-state index contributed by atoms with van der Waals surface area (Å²) in [7, 11) is 3.64. The van der Waals surface area contributed by atoms with E-state index in [0.717, 1.165) is 17.8 Å². The van der Waals surface area contributed by atoms with E-state index in [-0.39, 0.29) is 24.0 Å². The largest absolute Gasteiger partial charge is 0.386 e. The van der Waals surface area contributed by atoms with E-state index >= 15 is 0 Å². The lowest BCUT2D eigenvalue weighted by Crippen LogP contribution is -2.40. The number of nitrogens with one attached hydrogen (secondary N) is 2. The van der Waals surface area contributed by atoms with E-state index in [2.05, 4.69) is 32.9 Å². The molecule has 8 heteroatoms. The Balaban J connectivity index is 0.00000243. The van der Waals surface area contributed by atoms with Crippen LogP contribution in [0.4, 0.5) is 0 Å². The lowest BCUT2D eigenvalue weighted by atomic mass is 10.2. The zero-order valence-corrected chi connectivity index (χ0v) is 18.0. The zero-order chi connectivity index (χ0) is 17.6. The second-order valence-electron chi connectivity index (χ2n) is 5.85. The highest BCUT2D eigenvalue weighted by atomic mass is 127. The van der Waals surface area contributed by atoms with Crippen LogP contribution in [0.2, 0.25) is 0 Å². The fourth-order valence-corrected chi connectivity index (χ4v) is 3.66. The van der Waals surface area contributed by atoms with E-state index in [4.69, 9.17) is 0 Å². The van der Waals surface area contributed by atoms with Crippen LogP contribution in [-0.2, 0) is 13.5 Å². The van der Waals surface area contributed by atoms with Gasteiger partial charge in [0.05, 0.1) is 6.20 Å². The van der Waals surface area contributed by atoms with E-state index in [1.807, 2.05) is 37.6 Å². The first-order valence-corrected chi connectivity index (χ1v) is 9.06. The number of rotatable bonds is 6. The summed E-state index contributed by atoms with van der Waals surface area (Å²) in [6.07, 6.45) is 4.17. The SMILES string of the molecule is CN=C(NCCc1cnn(C)c1)NCC(O)c1cc2ccccc2s1.I. The van der Waals surface area contributed by atoms with Crippen LogP contribution < -0.4 is 10.6 Å². The summed E-state index contributed by atoms with van der Waals surface area (Å²) in [6.45, 7) is 1.17. The minimum atomic E-state index is -0.561. The molecule has 1 atom stereocenters. The molecule has 0 amide bonds. The predicted molar refractivity (Wildman–Crippen MR) is 118 cm³/mol. The average Bonchev–Trinajstić information content (AvgIpc) is 3.23. The predicted octanol–water partition coefficient (Wildman–Crippen LogP) is 2.69. The molecule has 26 heavy (non-hydrogen) atoms. The van der Waals surface area contributed by atoms with E-state index in [1.165, 1.54) is 15.6 Å². The first-order valence-electron chi connectivity index (χ1n) is 8.24. The number of aliphatic imine (C=N–C) groups is 1. The Labute approximate surface area is 174 Å². The Kier molecular flexibility index (Phi) is 7.85. The number of hydrogen-bond donors (Lipinski definition) is 3. The maximum Gasteiger partial charge on any atom is 0.191 e. The van der Waals surface area contributed by atoms with Gasteiger partial charge in [-0.2, -0.15) is 5.10 Å². The van der Waals surface area contributed by atoms with Crippen molar-refractivity contribution in [3.8, 4) is 0 Å². The normalized spacial score (nSPS) is 12.7. The number of aliphatic hydroxyl groups excluding tert-OH is 1. The molecule has 0 radical (unpaired) electrons. The molecule has 0 aliphatic rings. The molecule has 0 aliphatic heterocycles. The van der Waals surface area contributed by atoms with Gasteiger partial charge in [-0.15, -0.1) is 35.3 Å². The van der Waals surface area contributed by atoms with Gasteiger partial charge in [-0.3, -0.25) is 9.67 Å². The smallest absolute Gasteiger partial charge is 0.191 e. The topological polar surface area (TPSA) is 74.5 Å².